The summed E-state index contributed by atoms with van der Waals surface area (Å²) >= 11 is 0. The topological polar surface area (TPSA) is 78.5 Å². The Labute approximate surface area is 204 Å². The van der Waals surface area contributed by atoms with Crippen LogP contribution in [0.2, 0.25) is 0 Å². The van der Waals surface area contributed by atoms with Gasteiger partial charge < -0.3 is 10.7 Å². The molecule has 0 unspecified atom stereocenters. The molecule has 0 atom stereocenters. The van der Waals surface area contributed by atoms with Gasteiger partial charge in [0.2, 0.25) is 5.97 Å². The number of anilines is 1. The molecule has 1 fully saturated rings. The molecule has 5 rings (SSSR count). The molecule has 5 heteroatoms. The molecule has 0 radical (unpaired) electrons. The van der Waals surface area contributed by atoms with Crippen LogP contribution < -0.4 is 5.73 Å². The number of nitrogen functional groups attached to an aromatic ring is 1. The number of hydrogen-bond donors (Lipinski definition) is 3. The van der Waals surface area contributed by atoms with Crippen LogP contribution in [0.1, 0.15) is 52.8 Å². The van der Waals surface area contributed by atoms with Gasteiger partial charge in [-0.25, -0.2) is 4.98 Å². The summed E-state index contributed by atoms with van der Waals surface area (Å²) in [6.07, 6.45) is 10.9. The van der Waals surface area contributed by atoms with E-state index in [1.807, 2.05) is 24.3 Å². The number of halogens is 1. The maximum Gasteiger partial charge on any atom is 0.214 e. The Hall–Kier alpha value is -4.25. The fraction of sp³-hybridized carbons (Fsp3) is 0.133. The lowest BCUT2D eigenvalue weighted by Gasteiger charge is -2.31. The Morgan fingerprint density at radius 2 is 1.69 bits per heavy atom. The first-order valence-electron chi connectivity index (χ1n) is 11.8. The number of aromatic amines is 1. The van der Waals surface area contributed by atoms with E-state index in [1.165, 1.54) is 17.6 Å². The summed E-state index contributed by atoms with van der Waals surface area (Å²) in [5.41, 5.74) is 13.8. The van der Waals surface area contributed by atoms with Gasteiger partial charge in [0.25, 0.3) is 0 Å². The summed E-state index contributed by atoms with van der Waals surface area (Å²) in [6.45, 7) is 0. The van der Waals surface area contributed by atoms with Crippen molar-refractivity contribution in [3.05, 3.63) is 119 Å². The Balaban J connectivity index is 1.66. The van der Waals surface area contributed by atoms with E-state index in [1.54, 1.807) is 24.7 Å². The molecule has 1 saturated carbocycles. The van der Waals surface area contributed by atoms with Crippen LogP contribution in [0.25, 0.3) is 23.3 Å². The van der Waals surface area contributed by atoms with Crippen molar-refractivity contribution in [2.24, 2.45) is 5.92 Å². The molecule has 0 aliphatic heterocycles. The highest BCUT2D eigenvalue weighted by molar-refractivity contribution is 6.03. The number of nitrogens with one attached hydrogen (secondary N) is 2. The summed E-state index contributed by atoms with van der Waals surface area (Å²) in [4.78, 5) is 7.12. The Kier molecular flexibility index (Phi) is 6.40. The third kappa shape index (κ3) is 4.85. The lowest BCUT2D eigenvalue weighted by atomic mass is 9.73. The molecule has 1 aromatic heterocycles. The van der Waals surface area contributed by atoms with Gasteiger partial charge >= 0.3 is 0 Å². The predicted octanol–water partition coefficient (Wildman–Crippen LogP) is 7.22. The van der Waals surface area contributed by atoms with Crippen molar-refractivity contribution >= 4 is 35.0 Å². The summed E-state index contributed by atoms with van der Waals surface area (Å²) in [7, 11) is 0. The number of nitrogens with two attached hydrogens (primary N) is 1. The minimum atomic E-state index is -1.02. The van der Waals surface area contributed by atoms with Gasteiger partial charge in [-0.2, -0.15) is 4.39 Å². The molecule has 0 bridgehead atoms. The smallest absolute Gasteiger partial charge is 0.214 e. The van der Waals surface area contributed by atoms with E-state index < -0.39 is 5.97 Å². The molecule has 0 amide bonds. The number of rotatable bonds is 7. The van der Waals surface area contributed by atoms with E-state index in [0.29, 0.717) is 5.92 Å². The molecule has 0 spiro atoms. The fourth-order valence-corrected chi connectivity index (χ4v) is 4.58. The van der Waals surface area contributed by atoms with Crippen molar-refractivity contribution in [3.63, 3.8) is 0 Å². The Bertz CT molecular complexity index is 1380. The maximum atomic E-state index is 14.0. The first-order chi connectivity index (χ1) is 17.1. The van der Waals surface area contributed by atoms with Crippen molar-refractivity contribution in [2.45, 2.75) is 19.3 Å². The van der Waals surface area contributed by atoms with Crippen LogP contribution >= 0.6 is 0 Å². The molecule has 1 aliphatic carbocycles. The number of benzene rings is 3. The van der Waals surface area contributed by atoms with Crippen LogP contribution in [-0.4, -0.2) is 15.9 Å². The summed E-state index contributed by atoms with van der Waals surface area (Å²) < 4.78 is 14.0. The number of hydrogen-bond acceptors (Lipinski definition) is 3. The Morgan fingerprint density at radius 3 is 2.31 bits per heavy atom. The van der Waals surface area contributed by atoms with Gasteiger partial charge in [0.1, 0.15) is 0 Å². The molecule has 4 N–H and O–H groups in total. The van der Waals surface area contributed by atoms with Crippen molar-refractivity contribution < 1.29 is 4.39 Å². The van der Waals surface area contributed by atoms with Gasteiger partial charge in [0.15, 0.2) is 0 Å². The summed E-state index contributed by atoms with van der Waals surface area (Å²) in [5.74, 6) is -0.592. The van der Waals surface area contributed by atoms with E-state index in [0.717, 1.165) is 40.8 Å². The normalized spacial score (nSPS) is 14.5. The largest absolute Gasteiger partial charge is 0.398 e. The number of imidazole rings is 1. The van der Waals surface area contributed by atoms with Gasteiger partial charge in [-0.15, -0.1) is 0 Å². The number of aromatic nitrogens is 2. The maximum absolute atomic E-state index is 14.0. The second-order valence-electron chi connectivity index (χ2n) is 8.86. The number of H-pyrrole nitrogens is 1. The lowest BCUT2D eigenvalue weighted by molar-refractivity contribution is 0.401. The van der Waals surface area contributed by atoms with Crippen LogP contribution in [0.4, 0.5) is 10.1 Å². The molecule has 1 aliphatic rings. The fourth-order valence-electron chi connectivity index (χ4n) is 4.58. The first kappa shape index (κ1) is 22.5. The third-order valence-electron chi connectivity index (χ3n) is 6.62. The molecule has 4 nitrogen and oxygen atoms in total. The summed E-state index contributed by atoms with van der Waals surface area (Å²) in [5, 5.41) is 7.58. The molecule has 0 saturated heterocycles. The van der Waals surface area contributed by atoms with Crippen LogP contribution in [0.3, 0.4) is 0 Å². The van der Waals surface area contributed by atoms with Gasteiger partial charge in [0, 0.05) is 5.69 Å². The molecule has 4 aromatic rings. The van der Waals surface area contributed by atoms with Crippen molar-refractivity contribution in [3.8, 4) is 0 Å². The molecular weight excluding hydrogens is 435 g/mol. The highest BCUT2D eigenvalue weighted by atomic mass is 19.1. The van der Waals surface area contributed by atoms with E-state index >= 15 is 0 Å². The van der Waals surface area contributed by atoms with Gasteiger partial charge in [0.05, 0.1) is 23.8 Å². The van der Waals surface area contributed by atoms with Gasteiger partial charge in [-0.3, -0.25) is 5.41 Å². The zero-order valence-corrected chi connectivity index (χ0v) is 19.3. The molecular formula is C30H27FN4. The average Bonchev–Trinajstić information content (AvgIpc) is 3.37. The van der Waals surface area contributed by atoms with Crippen LogP contribution in [-0.2, 0) is 0 Å². The highest BCUT2D eigenvalue weighted by Gasteiger charge is 2.27. The molecule has 3 aromatic carbocycles. The Morgan fingerprint density at radius 1 is 0.943 bits per heavy atom. The third-order valence-corrected chi connectivity index (χ3v) is 6.62. The van der Waals surface area contributed by atoms with E-state index in [4.69, 9.17) is 11.1 Å². The quantitative estimate of drug-likeness (QED) is 0.154. The number of allylic oxidation sites excluding steroid dienone is 1. The lowest BCUT2D eigenvalue weighted by Crippen LogP contribution is -2.15. The minimum Gasteiger partial charge on any atom is -0.398 e. The second kappa shape index (κ2) is 9.94. The zero-order chi connectivity index (χ0) is 24.2. The van der Waals surface area contributed by atoms with Crippen molar-refractivity contribution in [1.82, 2.24) is 9.97 Å². The molecule has 1 heterocycles. The van der Waals surface area contributed by atoms with Gasteiger partial charge in [-0.1, -0.05) is 73.2 Å². The van der Waals surface area contributed by atoms with Crippen molar-refractivity contribution in [2.75, 3.05) is 5.73 Å². The number of nitrogens with zero attached hydrogens (tertiary/aromatic N) is 1. The van der Waals surface area contributed by atoms with Gasteiger partial charge in [-0.05, 0) is 70.4 Å². The monoisotopic (exact) mass is 462 g/mol. The van der Waals surface area contributed by atoms with Crippen molar-refractivity contribution in [1.29, 1.82) is 5.41 Å². The second-order valence-corrected chi connectivity index (χ2v) is 8.86. The minimum absolute atomic E-state index is 0.125. The van der Waals surface area contributed by atoms with E-state index in [-0.39, 0.29) is 11.3 Å². The predicted molar refractivity (Wildman–Crippen MR) is 142 cm³/mol. The molecule has 174 valence electrons. The van der Waals surface area contributed by atoms with E-state index in [9.17, 15) is 4.39 Å². The summed E-state index contributed by atoms with van der Waals surface area (Å²) in [6, 6.07) is 24.2. The first-order valence-corrected chi connectivity index (χ1v) is 11.8. The van der Waals surface area contributed by atoms with E-state index in [2.05, 4.69) is 58.5 Å². The SMILES string of the molecule is N=C(F)c1cc(/C(=C(/c2ccccc2)C2CCC2)c2ccc(/C=C/c3cnc[nH]3)cc2)ccc1N. The molecule has 35 heavy (non-hydrogen) atoms. The van der Waals surface area contributed by atoms with Crippen LogP contribution in [0, 0.1) is 11.3 Å². The zero-order valence-electron chi connectivity index (χ0n) is 19.3. The van der Waals surface area contributed by atoms with Crippen LogP contribution in [0.15, 0.2) is 85.3 Å². The van der Waals surface area contributed by atoms with Crippen LogP contribution in [0.5, 0.6) is 0 Å². The standard InChI is InChI=1S/C30H27FN4/c31-30(33)26-17-24(14-16-27(26)32)29(28(22-7-4-8-22)21-5-2-1-3-6-21)23-12-9-20(10-13-23)11-15-25-18-34-19-35-25/h1-3,5-6,9-19,22,33H,4,7-8,32H2,(H,34,35)/b15-11+,29-28-,33-30?. The average molecular weight is 463 g/mol. The highest BCUT2D eigenvalue weighted by Crippen LogP contribution is 2.45.